The molecule has 0 radical (unpaired) electrons. The summed E-state index contributed by atoms with van der Waals surface area (Å²) >= 11 is 6.28. The predicted octanol–water partition coefficient (Wildman–Crippen LogP) is 2.72. The number of nitrogens with zero attached hydrogens (tertiary/aromatic N) is 4. The van der Waals surface area contributed by atoms with Crippen LogP contribution in [0, 0.1) is 6.92 Å². The van der Waals surface area contributed by atoms with Crippen molar-refractivity contribution in [3.05, 3.63) is 35.2 Å². The molecule has 4 aromatic rings. The Morgan fingerprint density at radius 3 is 2.94 bits per heavy atom. The molecular weight excluding hydrogens is 250 g/mol. The molecule has 4 rings (SSSR count). The molecule has 0 saturated carbocycles. The Morgan fingerprint density at radius 1 is 1.22 bits per heavy atom. The summed E-state index contributed by atoms with van der Waals surface area (Å²) < 4.78 is 1.65. The van der Waals surface area contributed by atoms with Gasteiger partial charge in [-0.25, -0.2) is 0 Å². The van der Waals surface area contributed by atoms with Gasteiger partial charge < -0.3 is 4.98 Å². The molecule has 0 bridgehead atoms. The van der Waals surface area contributed by atoms with Gasteiger partial charge in [0.1, 0.15) is 0 Å². The van der Waals surface area contributed by atoms with Gasteiger partial charge in [0.25, 0.3) is 0 Å². The van der Waals surface area contributed by atoms with Crippen LogP contribution in [0.2, 0.25) is 5.15 Å². The van der Waals surface area contributed by atoms with Gasteiger partial charge in [-0.2, -0.15) is 9.61 Å². The van der Waals surface area contributed by atoms with E-state index in [4.69, 9.17) is 11.6 Å². The highest BCUT2D eigenvalue weighted by Gasteiger charge is 2.15. The topological polar surface area (TPSA) is 58.9 Å². The molecular formula is C12H8ClN5. The number of halogens is 1. The van der Waals surface area contributed by atoms with Gasteiger partial charge in [-0.3, -0.25) is 0 Å². The quantitative estimate of drug-likeness (QED) is 0.527. The molecule has 1 aromatic carbocycles. The van der Waals surface area contributed by atoms with Crippen LogP contribution in [-0.4, -0.2) is 24.8 Å². The van der Waals surface area contributed by atoms with Crippen molar-refractivity contribution in [2.75, 3.05) is 0 Å². The van der Waals surface area contributed by atoms with E-state index in [1.165, 1.54) is 0 Å². The third-order valence-corrected chi connectivity index (χ3v) is 3.38. The van der Waals surface area contributed by atoms with E-state index in [1.807, 2.05) is 31.2 Å². The van der Waals surface area contributed by atoms with Crippen molar-refractivity contribution >= 4 is 39.1 Å². The number of rotatable bonds is 0. The van der Waals surface area contributed by atoms with Gasteiger partial charge in [0.15, 0.2) is 11.0 Å². The second-order valence-corrected chi connectivity index (χ2v) is 4.55. The molecule has 0 saturated heterocycles. The number of para-hydroxylation sites is 1. The van der Waals surface area contributed by atoms with E-state index in [0.29, 0.717) is 16.6 Å². The molecule has 0 atom stereocenters. The van der Waals surface area contributed by atoms with Crippen LogP contribution in [0.25, 0.3) is 27.5 Å². The highest BCUT2D eigenvalue weighted by atomic mass is 35.5. The lowest BCUT2D eigenvalue weighted by molar-refractivity contribution is 0.881. The van der Waals surface area contributed by atoms with Crippen molar-refractivity contribution in [2.45, 2.75) is 6.92 Å². The summed E-state index contributed by atoms with van der Waals surface area (Å²) in [6.07, 6.45) is 0. The number of aromatic amines is 1. The molecule has 6 heteroatoms. The van der Waals surface area contributed by atoms with Crippen LogP contribution in [0.1, 0.15) is 5.82 Å². The molecule has 0 fully saturated rings. The zero-order valence-electron chi connectivity index (χ0n) is 9.48. The molecule has 88 valence electrons. The van der Waals surface area contributed by atoms with Gasteiger partial charge in [0.2, 0.25) is 5.65 Å². The average Bonchev–Trinajstić information content (AvgIpc) is 2.91. The van der Waals surface area contributed by atoms with E-state index in [9.17, 15) is 0 Å². The van der Waals surface area contributed by atoms with Crippen molar-refractivity contribution in [1.29, 1.82) is 0 Å². The van der Waals surface area contributed by atoms with E-state index in [0.717, 1.165) is 21.8 Å². The maximum atomic E-state index is 6.28. The molecule has 3 aromatic heterocycles. The van der Waals surface area contributed by atoms with Crippen molar-refractivity contribution < 1.29 is 0 Å². The predicted molar refractivity (Wildman–Crippen MR) is 69.9 cm³/mol. The first kappa shape index (κ1) is 9.85. The SMILES string of the molecule is Cc1nnc2c3[nH]c4ccccc4c3c(Cl)nn12. The van der Waals surface area contributed by atoms with Crippen molar-refractivity contribution in [3.8, 4) is 0 Å². The highest BCUT2D eigenvalue weighted by Crippen LogP contribution is 2.31. The Labute approximate surface area is 106 Å². The maximum Gasteiger partial charge on any atom is 0.202 e. The Balaban J connectivity index is 2.38. The van der Waals surface area contributed by atoms with Crippen LogP contribution in [0.15, 0.2) is 24.3 Å². The Kier molecular flexibility index (Phi) is 1.75. The minimum Gasteiger partial charge on any atom is -0.351 e. The molecule has 1 N–H and O–H groups in total. The summed E-state index contributed by atoms with van der Waals surface area (Å²) in [6.45, 7) is 1.85. The van der Waals surface area contributed by atoms with Crippen molar-refractivity contribution in [1.82, 2.24) is 24.8 Å². The molecule has 5 nitrogen and oxygen atoms in total. The summed E-state index contributed by atoms with van der Waals surface area (Å²) in [6, 6.07) is 7.98. The minimum absolute atomic E-state index is 0.456. The molecule has 0 spiro atoms. The zero-order valence-corrected chi connectivity index (χ0v) is 10.2. The van der Waals surface area contributed by atoms with E-state index in [2.05, 4.69) is 20.3 Å². The standard InChI is InChI=1S/C12H8ClN5/c1-6-15-16-12-10-9(11(13)17-18(6)12)7-4-2-3-5-8(7)14-10/h2-5,14H,1H3. The third kappa shape index (κ3) is 1.09. The summed E-state index contributed by atoms with van der Waals surface area (Å²) in [5.41, 5.74) is 2.59. The zero-order chi connectivity index (χ0) is 12.3. The lowest BCUT2D eigenvalue weighted by Crippen LogP contribution is -1.95. The number of hydrogen-bond acceptors (Lipinski definition) is 3. The van der Waals surface area contributed by atoms with E-state index in [-0.39, 0.29) is 0 Å². The first-order valence-electron chi connectivity index (χ1n) is 5.53. The molecule has 18 heavy (non-hydrogen) atoms. The largest absolute Gasteiger partial charge is 0.351 e. The van der Waals surface area contributed by atoms with Crippen LogP contribution >= 0.6 is 11.6 Å². The number of fused-ring (bicyclic) bond motifs is 5. The fourth-order valence-electron chi connectivity index (χ4n) is 2.30. The number of benzene rings is 1. The fraction of sp³-hybridized carbons (Fsp3) is 0.0833. The van der Waals surface area contributed by atoms with Crippen LogP contribution in [-0.2, 0) is 0 Å². The van der Waals surface area contributed by atoms with Gasteiger partial charge in [-0.05, 0) is 13.0 Å². The number of H-pyrrole nitrogens is 1. The minimum atomic E-state index is 0.456. The summed E-state index contributed by atoms with van der Waals surface area (Å²) in [7, 11) is 0. The molecule has 3 heterocycles. The average molecular weight is 258 g/mol. The third-order valence-electron chi connectivity index (χ3n) is 3.12. The summed E-state index contributed by atoms with van der Waals surface area (Å²) in [5.74, 6) is 0.715. The molecule has 0 aliphatic rings. The van der Waals surface area contributed by atoms with Crippen LogP contribution < -0.4 is 0 Å². The highest BCUT2D eigenvalue weighted by molar-refractivity contribution is 6.37. The number of aromatic nitrogens is 5. The Bertz CT molecular complexity index is 905. The van der Waals surface area contributed by atoms with Gasteiger partial charge >= 0.3 is 0 Å². The number of aryl methyl sites for hydroxylation is 1. The first-order chi connectivity index (χ1) is 8.75. The smallest absolute Gasteiger partial charge is 0.202 e. The lowest BCUT2D eigenvalue weighted by atomic mass is 10.2. The van der Waals surface area contributed by atoms with Crippen LogP contribution in [0.4, 0.5) is 0 Å². The summed E-state index contributed by atoms with van der Waals surface area (Å²) in [5, 5.41) is 14.9. The Hall–Kier alpha value is -2.14. The monoisotopic (exact) mass is 257 g/mol. The van der Waals surface area contributed by atoms with Crippen LogP contribution in [0.3, 0.4) is 0 Å². The van der Waals surface area contributed by atoms with Gasteiger partial charge in [-0.15, -0.1) is 10.2 Å². The normalized spacial score (nSPS) is 11.9. The molecule has 0 amide bonds. The van der Waals surface area contributed by atoms with Crippen molar-refractivity contribution in [3.63, 3.8) is 0 Å². The molecule has 0 aliphatic heterocycles. The van der Waals surface area contributed by atoms with Gasteiger partial charge in [0.05, 0.1) is 10.9 Å². The second kappa shape index (κ2) is 3.20. The van der Waals surface area contributed by atoms with Crippen LogP contribution in [0.5, 0.6) is 0 Å². The fourth-order valence-corrected chi connectivity index (χ4v) is 2.57. The number of nitrogens with one attached hydrogen (secondary N) is 1. The van der Waals surface area contributed by atoms with E-state index < -0.39 is 0 Å². The van der Waals surface area contributed by atoms with E-state index >= 15 is 0 Å². The number of hydrogen-bond donors (Lipinski definition) is 1. The van der Waals surface area contributed by atoms with Gasteiger partial charge in [0, 0.05) is 10.9 Å². The molecule has 0 aliphatic carbocycles. The van der Waals surface area contributed by atoms with Crippen molar-refractivity contribution in [2.24, 2.45) is 0 Å². The molecule has 0 unspecified atom stereocenters. The summed E-state index contributed by atoms with van der Waals surface area (Å²) in [4.78, 5) is 3.33. The van der Waals surface area contributed by atoms with E-state index in [1.54, 1.807) is 4.52 Å². The first-order valence-corrected chi connectivity index (χ1v) is 5.91. The second-order valence-electron chi connectivity index (χ2n) is 4.19. The maximum absolute atomic E-state index is 6.28. The van der Waals surface area contributed by atoms with Gasteiger partial charge in [-0.1, -0.05) is 29.8 Å². The Morgan fingerprint density at radius 2 is 2.06 bits per heavy atom. The lowest BCUT2D eigenvalue weighted by Gasteiger charge is -1.97.